The number of alkyl halides is 3. The van der Waals surface area contributed by atoms with Crippen molar-refractivity contribution in [2.45, 2.75) is 149 Å². The quantitative estimate of drug-likeness (QED) is 0.0406. The van der Waals surface area contributed by atoms with Crippen LogP contribution in [-0.4, -0.2) is 70.9 Å². The Balaban J connectivity index is 0.000000282. The second kappa shape index (κ2) is 32.3. The fraction of sp³-hybridized carbons (Fsp3) is 0.500. The van der Waals surface area contributed by atoms with Crippen molar-refractivity contribution in [1.29, 1.82) is 0 Å². The molecule has 4 fully saturated rings. The summed E-state index contributed by atoms with van der Waals surface area (Å²) in [6, 6.07) is 23.1. The SMILES string of the molecule is CCc1cc(/C(C)=N/OCc2ccc(C3CCCCC3)c(C(F)(F)F)c2)ccc1CN1CC(C(=O)O)C1.CCc1cc(/C(C)=N/OCc2ccc(C3CCCCC3)c(C)c2)ccc1C=O.I.II.O=C(O)C1CNC1. The standard InChI is InChI=1S/C29H35F3N2O3.C25H31NO2.C4H7NO2.I2.HI/c1-3-21-14-23(10-11-24(21)15-34-16-25(17-34)28(35)36)19(2)33-37-18-20-9-12-26(22-7-5-4-6-8-22)27(13-20)29(30,31)32;1-4-21-15-23(11-12-24(21)16-27)19(3)26-28-17-20-10-13-25(18(2)14-20)22-8-6-5-7-9-22;6-4(7)3-1-5-2-3;1-2;/h9-14,22,25H,3-8,15-18H2,1-2H3,(H,35,36);10-16,22H,4-9,17H2,1-3H3;3,5H,1-2H2,(H,6,7);;1H/b33-19+;26-19+;;;. The second-order valence-electron chi connectivity index (χ2n) is 19.8. The Morgan fingerprint density at radius 1 is 0.693 bits per heavy atom. The molecule has 0 atom stereocenters. The molecule has 0 bridgehead atoms. The highest BCUT2D eigenvalue weighted by Gasteiger charge is 2.36. The fourth-order valence-electron chi connectivity index (χ4n) is 10.1. The third-order valence-corrected chi connectivity index (χ3v) is 14.6. The van der Waals surface area contributed by atoms with Crippen LogP contribution in [0.15, 0.2) is 83.1 Å². The minimum atomic E-state index is -4.40. The second-order valence-corrected chi connectivity index (χ2v) is 19.8. The van der Waals surface area contributed by atoms with Gasteiger partial charge in [0, 0.05) is 75.5 Å². The van der Waals surface area contributed by atoms with E-state index in [-0.39, 0.29) is 48.3 Å². The molecular formula is C58H74F3I3N4O7. The Hall–Kier alpha value is -3.67. The van der Waals surface area contributed by atoms with Crippen LogP contribution in [0.2, 0.25) is 0 Å². The average molecular weight is 1380 g/mol. The molecule has 410 valence electrons. The minimum absolute atomic E-state index is 0. The van der Waals surface area contributed by atoms with E-state index in [1.165, 1.54) is 49.3 Å². The highest BCUT2D eigenvalue weighted by Crippen LogP contribution is 2.41. The number of benzene rings is 4. The summed E-state index contributed by atoms with van der Waals surface area (Å²) in [5.41, 5.74) is 11.7. The van der Waals surface area contributed by atoms with E-state index in [4.69, 9.17) is 19.9 Å². The molecule has 4 aromatic carbocycles. The Kier molecular flexibility index (Phi) is 27.5. The number of nitrogens with one attached hydrogen (secondary N) is 1. The van der Waals surface area contributed by atoms with E-state index in [9.17, 15) is 27.6 Å². The molecule has 3 N–H and O–H groups in total. The summed E-state index contributed by atoms with van der Waals surface area (Å²) in [6.45, 7) is 13.6. The Labute approximate surface area is 482 Å². The van der Waals surface area contributed by atoms with Crippen molar-refractivity contribution < 1.29 is 47.4 Å². The average Bonchev–Trinajstić information content (AvgIpc) is 3.37. The molecule has 0 amide bonds. The normalized spacial score (nSPS) is 16.7. The zero-order chi connectivity index (χ0) is 53.8. The van der Waals surface area contributed by atoms with E-state index >= 15 is 0 Å². The molecule has 11 nitrogen and oxygen atoms in total. The maximum Gasteiger partial charge on any atom is 0.416 e. The van der Waals surface area contributed by atoms with Gasteiger partial charge in [-0.15, -0.1) is 24.0 Å². The highest BCUT2D eigenvalue weighted by molar-refractivity contribution is 15.0. The van der Waals surface area contributed by atoms with E-state index in [1.54, 1.807) is 12.1 Å². The summed E-state index contributed by atoms with van der Waals surface area (Å²) < 4.78 is 41.5. The number of carboxylic acid groups (broad SMARTS) is 2. The lowest BCUT2D eigenvalue weighted by atomic mass is 9.81. The molecule has 17 heteroatoms. The number of hydrogen-bond acceptors (Lipinski definition) is 9. The number of halogens is 6. The molecule has 0 spiro atoms. The summed E-state index contributed by atoms with van der Waals surface area (Å²) >= 11 is 4.24. The number of oxime groups is 2. The van der Waals surface area contributed by atoms with Crippen molar-refractivity contribution in [2.75, 3.05) is 26.2 Å². The van der Waals surface area contributed by atoms with E-state index in [2.05, 4.69) is 96.7 Å². The molecule has 2 aliphatic heterocycles. The Morgan fingerprint density at radius 2 is 1.19 bits per heavy atom. The van der Waals surface area contributed by atoms with Gasteiger partial charge in [-0.05, 0) is 145 Å². The smallest absolute Gasteiger partial charge is 0.416 e. The van der Waals surface area contributed by atoms with Crippen LogP contribution in [0.1, 0.15) is 175 Å². The number of carboxylic acids is 2. The monoisotopic (exact) mass is 1380 g/mol. The molecular weight excluding hydrogens is 1300 g/mol. The van der Waals surface area contributed by atoms with Crippen molar-refractivity contribution in [1.82, 2.24) is 10.2 Å². The highest BCUT2D eigenvalue weighted by atomic mass is 128. The minimum Gasteiger partial charge on any atom is -0.481 e. The fourth-order valence-corrected chi connectivity index (χ4v) is 10.1. The van der Waals surface area contributed by atoms with Gasteiger partial charge in [0.1, 0.15) is 19.5 Å². The number of likely N-dealkylation sites (tertiary alicyclic amines) is 1. The first kappa shape index (κ1) is 63.9. The van der Waals surface area contributed by atoms with Crippen molar-refractivity contribution in [3.05, 3.63) is 140 Å². The van der Waals surface area contributed by atoms with Crippen LogP contribution in [0.5, 0.6) is 0 Å². The molecule has 2 saturated heterocycles. The van der Waals surface area contributed by atoms with Gasteiger partial charge < -0.3 is 25.2 Å². The summed E-state index contributed by atoms with van der Waals surface area (Å²) in [6.07, 6.45) is 9.56. The summed E-state index contributed by atoms with van der Waals surface area (Å²) in [4.78, 5) is 45.3. The Morgan fingerprint density at radius 3 is 1.64 bits per heavy atom. The molecule has 4 aromatic rings. The summed E-state index contributed by atoms with van der Waals surface area (Å²) in [7, 11) is 0. The van der Waals surface area contributed by atoms with Crippen LogP contribution in [0.3, 0.4) is 0 Å². The summed E-state index contributed by atoms with van der Waals surface area (Å²) in [5, 5.41) is 28.6. The first-order chi connectivity index (χ1) is 35.6. The number of carbonyl (C=O) groups is 3. The molecule has 0 aromatic heterocycles. The van der Waals surface area contributed by atoms with Crippen LogP contribution < -0.4 is 5.32 Å². The zero-order valence-electron chi connectivity index (χ0n) is 43.8. The van der Waals surface area contributed by atoms with Gasteiger partial charge >= 0.3 is 18.1 Å². The van der Waals surface area contributed by atoms with E-state index in [0.717, 1.165) is 102 Å². The lowest BCUT2D eigenvalue weighted by Crippen LogP contribution is -2.49. The van der Waals surface area contributed by atoms with Crippen LogP contribution >= 0.6 is 61.2 Å². The van der Waals surface area contributed by atoms with Gasteiger partial charge in [-0.3, -0.25) is 19.3 Å². The maximum absolute atomic E-state index is 13.8. The molecule has 0 radical (unpaired) electrons. The molecule has 8 rings (SSSR count). The van der Waals surface area contributed by atoms with Crippen LogP contribution in [-0.2, 0) is 58.0 Å². The van der Waals surface area contributed by atoms with Crippen LogP contribution in [0.4, 0.5) is 13.2 Å². The number of nitrogens with zero attached hydrogens (tertiary/aromatic N) is 3. The van der Waals surface area contributed by atoms with Gasteiger partial charge in [-0.2, -0.15) is 13.2 Å². The topological polar surface area (TPSA) is 150 Å². The molecule has 75 heavy (non-hydrogen) atoms. The lowest BCUT2D eigenvalue weighted by molar-refractivity contribution is -0.148. The van der Waals surface area contributed by atoms with E-state index in [1.807, 2.05) is 50.2 Å². The molecule has 2 saturated carbocycles. The first-order valence-electron chi connectivity index (χ1n) is 25.9. The Bertz CT molecular complexity index is 2540. The third-order valence-electron chi connectivity index (χ3n) is 14.6. The number of aliphatic carboxylic acids is 2. The van der Waals surface area contributed by atoms with Crippen molar-refractivity contribution in [2.24, 2.45) is 22.1 Å². The molecule has 0 unspecified atom stereocenters. The predicted molar refractivity (Wildman–Crippen MR) is 319 cm³/mol. The number of carbonyl (C=O) groups excluding carboxylic acids is 1. The zero-order valence-corrected chi connectivity index (χ0v) is 50.5. The van der Waals surface area contributed by atoms with E-state index in [0.29, 0.717) is 56.2 Å². The molecule has 2 aliphatic carbocycles. The van der Waals surface area contributed by atoms with Gasteiger partial charge in [-0.25, -0.2) is 0 Å². The van der Waals surface area contributed by atoms with Crippen LogP contribution in [0, 0.1) is 18.8 Å². The van der Waals surface area contributed by atoms with Gasteiger partial charge in [0.2, 0.25) is 0 Å². The van der Waals surface area contributed by atoms with Gasteiger partial charge in [0.25, 0.3) is 0 Å². The largest absolute Gasteiger partial charge is 0.481 e. The summed E-state index contributed by atoms with van der Waals surface area (Å²) in [5.74, 6) is -1.13. The first-order valence-corrected chi connectivity index (χ1v) is 32.2. The van der Waals surface area contributed by atoms with E-state index < -0.39 is 23.7 Å². The third kappa shape index (κ3) is 19.3. The van der Waals surface area contributed by atoms with Gasteiger partial charge in [0.05, 0.1) is 28.8 Å². The van der Waals surface area contributed by atoms with Crippen molar-refractivity contribution >= 4 is 90.9 Å². The number of hydrogen-bond donors (Lipinski definition) is 3. The maximum atomic E-state index is 13.8. The predicted octanol–water partition coefficient (Wildman–Crippen LogP) is 14.8. The molecule has 2 heterocycles. The molecule has 4 aliphatic rings. The van der Waals surface area contributed by atoms with Gasteiger partial charge in [-0.1, -0.05) is 117 Å². The number of aryl methyl sites for hydroxylation is 3. The number of rotatable bonds is 17. The van der Waals surface area contributed by atoms with Gasteiger partial charge in [0.15, 0.2) is 0 Å². The number of aldehydes is 1. The van der Waals surface area contributed by atoms with Crippen molar-refractivity contribution in [3.8, 4) is 0 Å². The van der Waals surface area contributed by atoms with Crippen molar-refractivity contribution in [3.63, 3.8) is 0 Å². The van der Waals surface area contributed by atoms with Crippen LogP contribution in [0.25, 0.3) is 0 Å². The lowest BCUT2D eigenvalue weighted by Gasteiger charge is -2.37.